The van der Waals surface area contributed by atoms with Gasteiger partial charge in [0.05, 0.1) is 23.8 Å². The molecule has 1 aromatic heterocycles. The number of aromatic nitrogens is 1. The Morgan fingerprint density at radius 3 is 2.62 bits per heavy atom. The molecule has 1 aliphatic heterocycles. The van der Waals surface area contributed by atoms with Gasteiger partial charge in [0.25, 0.3) is 11.8 Å². The Morgan fingerprint density at radius 1 is 1.38 bits per heavy atom. The highest BCUT2D eigenvalue weighted by Crippen LogP contribution is 2.24. The lowest BCUT2D eigenvalue weighted by molar-refractivity contribution is 0.0511. The first-order chi connectivity index (χ1) is 7.70. The second-order valence-corrected chi connectivity index (χ2v) is 3.65. The highest BCUT2D eigenvalue weighted by molar-refractivity contribution is 6.21. The average molecular weight is 220 g/mol. The van der Waals surface area contributed by atoms with Crippen LogP contribution in [0.3, 0.4) is 0 Å². The highest BCUT2D eigenvalue weighted by atomic mass is 16.3. The number of rotatable bonds is 3. The van der Waals surface area contributed by atoms with E-state index in [1.807, 2.05) is 6.92 Å². The van der Waals surface area contributed by atoms with Gasteiger partial charge in [0.1, 0.15) is 0 Å². The van der Waals surface area contributed by atoms with Crippen LogP contribution >= 0.6 is 0 Å². The normalized spacial score (nSPS) is 16.5. The first kappa shape index (κ1) is 10.8. The zero-order valence-corrected chi connectivity index (χ0v) is 8.88. The van der Waals surface area contributed by atoms with Gasteiger partial charge in [-0.1, -0.05) is 6.92 Å². The van der Waals surface area contributed by atoms with Gasteiger partial charge in [0, 0.05) is 12.4 Å². The predicted molar refractivity (Wildman–Crippen MR) is 55.9 cm³/mol. The van der Waals surface area contributed by atoms with E-state index in [1.165, 1.54) is 18.5 Å². The van der Waals surface area contributed by atoms with Gasteiger partial charge in [-0.15, -0.1) is 0 Å². The lowest BCUT2D eigenvalue weighted by atomic mass is 10.2. The third-order valence-corrected chi connectivity index (χ3v) is 2.77. The maximum atomic E-state index is 11.9. The second kappa shape index (κ2) is 4.02. The molecule has 0 aromatic carbocycles. The van der Waals surface area contributed by atoms with Crippen LogP contribution in [-0.4, -0.2) is 39.5 Å². The van der Waals surface area contributed by atoms with Crippen LogP contribution < -0.4 is 0 Å². The standard InChI is InChI=1S/C11H12N2O3/c1-2-7(6-14)13-10(15)8-3-4-12-5-9(8)11(13)16/h3-5,7,14H,2,6H2,1H3/t7-/m0/s1. The number of hydrogen-bond acceptors (Lipinski definition) is 4. The van der Waals surface area contributed by atoms with Crippen molar-refractivity contribution in [3.63, 3.8) is 0 Å². The maximum Gasteiger partial charge on any atom is 0.263 e. The number of nitrogens with zero attached hydrogens (tertiary/aromatic N) is 2. The zero-order valence-electron chi connectivity index (χ0n) is 8.88. The van der Waals surface area contributed by atoms with E-state index in [2.05, 4.69) is 4.98 Å². The van der Waals surface area contributed by atoms with Gasteiger partial charge in [-0.3, -0.25) is 19.5 Å². The highest BCUT2D eigenvalue weighted by Gasteiger charge is 2.39. The van der Waals surface area contributed by atoms with Crippen molar-refractivity contribution < 1.29 is 14.7 Å². The summed E-state index contributed by atoms with van der Waals surface area (Å²) in [7, 11) is 0. The summed E-state index contributed by atoms with van der Waals surface area (Å²) in [4.78, 5) is 28.8. The molecule has 16 heavy (non-hydrogen) atoms. The number of hydrogen-bond donors (Lipinski definition) is 1. The van der Waals surface area contributed by atoms with Gasteiger partial charge in [0.2, 0.25) is 0 Å². The van der Waals surface area contributed by atoms with Crippen molar-refractivity contribution in [2.24, 2.45) is 0 Å². The molecule has 0 aliphatic carbocycles. The number of pyridine rings is 1. The molecule has 84 valence electrons. The number of imide groups is 1. The molecular formula is C11H12N2O3. The molecule has 5 nitrogen and oxygen atoms in total. The predicted octanol–water partition coefficient (Wildman–Crippen LogP) is 0.449. The molecule has 0 bridgehead atoms. The second-order valence-electron chi connectivity index (χ2n) is 3.65. The third kappa shape index (κ3) is 1.40. The summed E-state index contributed by atoms with van der Waals surface area (Å²) < 4.78 is 0. The molecule has 0 saturated carbocycles. The van der Waals surface area contributed by atoms with Crippen LogP contribution in [0.1, 0.15) is 34.1 Å². The SMILES string of the molecule is CC[C@@H](CO)N1C(=O)c2ccncc2C1=O. The van der Waals surface area contributed by atoms with Crippen molar-refractivity contribution in [1.29, 1.82) is 0 Å². The Morgan fingerprint density at radius 2 is 2.06 bits per heavy atom. The Kier molecular flexibility index (Phi) is 2.70. The molecule has 1 N–H and O–H groups in total. The van der Waals surface area contributed by atoms with E-state index < -0.39 is 6.04 Å². The van der Waals surface area contributed by atoms with Crippen molar-refractivity contribution >= 4 is 11.8 Å². The minimum Gasteiger partial charge on any atom is -0.394 e. The van der Waals surface area contributed by atoms with E-state index >= 15 is 0 Å². The minimum atomic E-state index is -0.451. The first-order valence-corrected chi connectivity index (χ1v) is 5.13. The molecule has 2 rings (SSSR count). The average Bonchev–Trinajstić information content (AvgIpc) is 2.57. The number of aliphatic hydroxyl groups excluding tert-OH is 1. The van der Waals surface area contributed by atoms with Gasteiger partial charge >= 0.3 is 0 Å². The summed E-state index contributed by atoms with van der Waals surface area (Å²) in [5, 5.41) is 9.14. The summed E-state index contributed by atoms with van der Waals surface area (Å²) in [6.45, 7) is 1.61. The van der Waals surface area contributed by atoms with Crippen molar-refractivity contribution in [2.45, 2.75) is 19.4 Å². The summed E-state index contributed by atoms with van der Waals surface area (Å²) in [5.74, 6) is -0.711. The lowest BCUT2D eigenvalue weighted by Gasteiger charge is -2.22. The van der Waals surface area contributed by atoms with Gasteiger partial charge in [-0.2, -0.15) is 0 Å². The summed E-state index contributed by atoms with van der Waals surface area (Å²) >= 11 is 0. The molecule has 1 aliphatic rings. The largest absolute Gasteiger partial charge is 0.394 e. The third-order valence-electron chi connectivity index (χ3n) is 2.77. The molecule has 2 amide bonds. The van der Waals surface area contributed by atoms with Crippen molar-refractivity contribution in [3.05, 3.63) is 29.6 Å². The summed E-state index contributed by atoms with van der Waals surface area (Å²) in [5.41, 5.74) is 0.686. The number of carbonyl (C=O) groups excluding carboxylic acids is 2. The molecule has 0 fully saturated rings. The fraction of sp³-hybridized carbons (Fsp3) is 0.364. The van der Waals surface area contributed by atoms with E-state index in [1.54, 1.807) is 0 Å². The Hall–Kier alpha value is -1.75. The van der Waals surface area contributed by atoms with Crippen molar-refractivity contribution in [1.82, 2.24) is 9.88 Å². The number of aliphatic hydroxyl groups is 1. The molecule has 5 heteroatoms. The van der Waals surface area contributed by atoms with Crippen LogP contribution in [0.5, 0.6) is 0 Å². The molecule has 0 spiro atoms. The van der Waals surface area contributed by atoms with Crippen LogP contribution in [0.15, 0.2) is 18.5 Å². The van der Waals surface area contributed by atoms with Crippen LogP contribution in [0.25, 0.3) is 0 Å². The molecule has 1 atom stereocenters. The number of fused-ring (bicyclic) bond motifs is 1. The Bertz CT molecular complexity index is 406. The molecule has 0 unspecified atom stereocenters. The van der Waals surface area contributed by atoms with Gasteiger partial charge in [-0.05, 0) is 12.5 Å². The number of amides is 2. The van der Waals surface area contributed by atoms with E-state index in [-0.39, 0.29) is 18.4 Å². The van der Waals surface area contributed by atoms with E-state index in [0.29, 0.717) is 17.5 Å². The van der Waals surface area contributed by atoms with Crippen LogP contribution in [0, 0.1) is 0 Å². The monoisotopic (exact) mass is 220 g/mol. The first-order valence-electron chi connectivity index (χ1n) is 5.13. The molecule has 0 radical (unpaired) electrons. The van der Waals surface area contributed by atoms with Gasteiger partial charge in [-0.25, -0.2) is 0 Å². The topological polar surface area (TPSA) is 70.5 Å². The van der Waals surface area contributed by atoms with E-state index in [9.17, 15) is 9.59 Å². The lowest BCUT2D eigenvalue weighted by Crippen LogP contribution is -2.41. The number of carbonyl (C=O) groups is 2. The quantitative estimate of drug-likeness (QED) is 0.751. The smallest absolute Gasteiger partial charge is 0.263 e. The van der Waals surface area contributed by atoms with Crippen LogP contribution in [0.4, 0.5) is 0 Å². The van der Waals surface area contributed by atoms with E-state index in [4.69, 9.17) is 5.11 Å². The molecule has 1 aromatic rings. The van der Waals surface area contributed by atoms with Gasteiger partial charge < -0.3 is 5.11 Å². The van der Waals surface area contributed by atoms with Gasteiger partial charge in [0.15, 0.2) is 0 Å². The fourth-order valence-corrected chi connectivity index (χ4v) is 1.83. The van der Waals surface area contributed by atoms with Crippen molar-refractivity contribution in [3.8, 4) is 0 Å². The van der Waals surface area contributed by atoms with E-state index in [0.717, 1.165) is 4.90 Å². The molecule has 2 heterocycles. The maximum absolute atomic E-state index is 11.9. The Balaban J connectivity index is 2.42. The zero-order chi connectivity index (χ0) is 11.7. The summed E-state index contributed by atoms with van der Waals surface area (Å²) in [6.07, 6.45) is 3.41. The van der Waals surface area contributed by atoms with Crippen molar-refractivity contribution in [2.75, 3.05) is 6.61 Å². The summed E-state index contributed by atoms with van der Waals surface area (Å²) in [6, 6.07) is 1.08. The molecular weight excluding hydrogens is 208 g/mol. The Labute approximate surface area is 92.7 Å². The minimum absolute atomic E-state index is 0.213. The van der Waals surface area contributed by atoms with Crippen LogP contribution in [0.2, 0.25) is 0 Å². The fourth-order valence-electron chi connectivity index (χ4n) is 1.83. The van der Waals surface area contributed by atoms with Crippen LogP contribution in [-0.2, 0) is 0 Å². The molecule has 0 saturated heterocycles.